The van der Waals surface area contributed by atoms with Crippen molar-refractivity contribution in [2.24, 2.45) is 0 Å². The van der Waals surface area contributed by atoms with E-state index < -0.39 is 0 Å². The number of nitrogens with zero attached hydrogens (tertiary/aromatic N) is 1. The first-order valence-electron chi connectivity index (χ1n) is 9.36. The first-order valence-corrected chi connectivity index (χ1v) is 10.3. The minimum absolute atomic E-state index is 0.0179. The number of nitrogens with one attached hydrogen (secondary N) is 1. The summed E-state index contributed by atoms with van der Waals surface area (Å²) < 4.78 is 0. The van der Waals surface area contributed by atoms with Crippen LogP contribution in [0.1, 0.15) is 49.5 Å². The van der Waals surface area contributed by atoms with Crippen LogP contribution >= 0.6 is 11.8 Å². The van der Waals surface area contributed by atoms with Crippen LogP contribution in [0.2, 0.25) is 0 Å². The van der Waals surface area contributed by atoms with Crippen molar-refractivity contribution in [2.75, 3.05) is 24.2 Å². The van der Waals surface area contributed by atoms with E-state index in [0.717, 1.165) is 4.90 Å². The van der Waals surface area contributed by atoms with Gasteiger partial charge in [0.1, 0.15) is 0 Å². The Kier molecular flexibility index (Phi) is 7.92. The van der Waals surface area contributed by atoms with E-state index in [1.165, 1.54) is 17.3 Å². The van der Waals surface area contributed by atoms with Gasteiger partial charge in [-0.2, -0.15) is 0 Å². The Hall–Kier alpha value is -2.27. The molecular weight excluding hydrogens is 356 g/mol. The summed E-state index contributed by atoms with van der Waals surface area (Å²) in [5.41, 5.74) is 2.53. The second-order valence-electron chi connectivity index (χ2n) is 6.62. The molecule has 27 heavy (non-hydrogen) atoms. The predicted octanol–water partition coefficient (Wildman–Crippen LogP) is 5.02. The summed E-state index contributed by atoms with van der Waals surface area (Å²) in [6, 6.07) is 15.4. The topological polar surface area (TPSA) is 49.4 Å². The Morgan fingerprint density at radius 2 is 1.70 bits per heavy atom. The lowest BCUT2D eigenvalue weighted by Gasteiger charge is -2.19. The minimum Gasteiger partial charge on any atom is -0.339 e. The van der Waals surface area contributed by atoms with Gasteiger partial charge < -0.3 is 10.2 Å². The molecular formula is C22H28N2O2S. The van der Waals surface area contributed by atoms with Gasteiger partial charge in [0.25, 0.3) is 5.91 Å². The third-order valence-corrected chi connectivity index (χ3v) is 5.37. The molecule has 0 unspecified atom stereocenters. The Morgan fingerprint density at radius 3 is 2.30 bits per heavy atom. The molecule has 1 N–H and O–H groups in total. The highest BCUT2D eigenvalue weighted by Crippen LogP contribution is 2.22. The molecule has 0 spiro atoms. The zero-order valence-electron chi connectivity index (χ0n) is 16.5. The fourth-order valence-electron chi connectivity index (χ4n) is 2.72. The van der Waals surface area contributed by atoms with E-state index in [9.17, 15) is 9.59 Å². The number of hydrogen-bond acceptors (Lipinski definition) is 3. The van der Waals surface area contributed by atoms with Gasteiger partial charge in [0.2, 0.25) is 5.91 Å². The van der Waals surface area contributed by atoms with Crippen molar-refractivity contribution in [1.29, 1.82) is 0 Å². The lowest BCUT2D eigenvalue weighted by atomic mass is 10.0. The average Bonchev–Trinajstić information content (AvgIpc) is 2.67. The van der Waals surface area contributed by atoms with Crippen molar-refractivity contribution in [3.8, 4) is 0 Å². The van der Waals surface area contributed by atoms with Crippen LogP contribution in [0.25, 0.3) is 0 Å². The van der Waals surface area contributed by atoms with Crippen molar-refractivity contribution < 1.29 is 9.59 Å². The zero-order valence-corrected chi connectivity index (χ0v) is 17.3. The average molecular weight is 385 g/mol. The van der Waals surface area contributed by atoms with Crippen molar-refractivity contribution in [1.82, 2.24) is 4.90 Å². The highest BCUT2D eigenvalue weighted by molar-refractivity contribution is 8.00. The molecule has 2 rings (SSSR count). The molecule has 0 radical (unpaired) electrons. The van der Waals surface area contributed by atoms with Crippen molar-refractivity contribution >= 4 is 29.3 Å². The van der Waals surface area contributed by atoms with E-state index in [0.29, 0.717) is 36.0 Å². The monoisotopic (exact) mass is 384 g/mol. The SMILES string of the molecule is CCN(CC)C(=O)c1cccc(NC(=O)CSc2ccc(C(C)C)cc2)c1. The van der Waals surface area contributed by atoms with Crippen molar-refractivity contribution in [2.45, 2.75) is 38.5 Å². The molecule has 5 heteroatoms. The number of thioether (sulfide) groups is 1. The van der Waals surface area contributed by atoms with Crippen molar-refractivity contribution in [3.05, 3.63) is 59.7 Å². The summed E-state index contributed by atoms with van der Waals surface area (Å²) >= 11 is 1.50. The smallest absolute Gasteiger partial charge is 0.253 e. The Labute approximate surface area is 166 Å². The Morgan fingerprint density at radius 1 is 1.04 bits per heavy atom. The summed E-state index contributed by atoms with van der Waals surface area (Å²) in [5, 5.41) is 2.88. The minimum atomic E-state index is -0.0830. The van der Waals surface area contributed by atoms with Crippen LogP contribution in [0.15, 0.2) is 53.4 Å². The lowest BCUT2D eigenvalue weighted by Crippen LogP contribution is -2.30. The summed E-state index contributed by atoms with van der Waals surface area (Å²) in [5.74, 6) is 0.727. The van der Waals surface area contributed by atoms with Crippen molar-refractivity contribution in [3.63, 3.8) is 0 Å². The highest BCUT2D eigenvalue weighted by atomic mass is 32.2. The van der Waals surface area contributed by atoms with Crippen LogP contribution in [0.4, 0.5) is 5.69 Å². The maximum Gasteiger partial charge on any atom is 0.253 e. The molecule has 0 aromatic heterocycles. The second kappa shape index (κ2) is 10.2. The van der Waals surface area contributed by atoms with Gasteiger partial charge in [-0.25, -0.2) is 0 Å². The third-order valence-electron chi connectivity index (χ3n) is 4.36. The molecule has 0 saturated carbocycles. The summed E-state index contributed by atoms with van der Waals surface area (Å²) in [6.07, 6.45) is 0. The summed E-state index contributed by atoms with van der Waals surface area (Å²) in [6.45, 7) is 9.57. The number of anilines is 1. The number of rotatable bonds is 8. The van der Waals surface area contributed by atoms with E-state index in [4.69, 9.17) is 0 Å². The zero-order chi connectivity index (χ0) is 19.8. The molecule has 144 valence electrons. The Balaban J connectivity index is 1.93. The van der Waals surface area contributed by atoms with Crippen LogP contribution in [-0.4, -0.2) is 35.6 Å². The quantitative estimate of drug-likeness (QED) is 0.650. The molecule has 2 amide bonds. The van der Waals surface area contributed by atoms with Gasteiger partial charge >= 0.3 is 0 Å². The van der Waals surface area contributed by atoms with E-state index >= 15 is 0 Å². The Bertz CT molecular complexity index is 768. The largest absolute Gasteiger partial charge is 0.339 e. The maximum atomic E-state index is 12.4. The first-order chi connectivity index (χ1) is 12.9. The van der Waals surface area contributed by atoms with Gasteiger partial charge in [-0.15, -0.1) is 11.8 Å². The standard InChI is InChI=1S/C22H28N2O2S/c1-5-24(6-2)22(26)18-8-7-9-19(14-18)23-21(25)15-27-20-12-10-17(11-13-20)16(3)4/h7-14,16H,5-6,15H2,1-4H3,(H,23,25). The van der Waals surface area contributed by atoms with Crippen LogP contribution < -0.4 is 5.32 Å². The first kappa shape index (κ1) is 21.0. The maximum absolute atomic E-state index is 12.4. The van der Waals surface area contributed by atoms with E-state index in [1.807, 2.05) is 13.8 Å². The molecule has 4 nitrogen and oxygen atoms in total. The van der Waals surface area contributed by atoms with E-state index in [2.05, 4.69) is 43.4 Å². The normalized spacial score (nSPS) is 10.7. The molecule has 0 aliphatic rings. The van der Waals surface area contributed by atoms with Crippen LogP contribution in [0.3, 0.4) is 0 Å². The molecule has 0 bridgehead atoms. The van der Waals surface area contributed by atoms with Crippen LogP contribution in [0.5, 0.6) is 0 Å². The molecule has 0 aliphatic heterocycles. The van der Waals surface area contributed by atoms with Gasteiger partial charge in [-0.1, -0.05) is 32.0 Å². The molecule has 0 atom stereocenters. The molecule has 2 aromatic rings. The number of amides is 2. The summed E-state index contributed by atoms with van der Waals surface area (Å²) in [7, 11) is 0. The van der Waals surface area contributed by atoms with E-state index in [1.54, 1.807) is 29.2 Å². The van der Waals surface area contributed by atoms with Gasteiger partial charge in [0.05, 0.1) is 5.75 Å². The fourth-order valence-corrected chi connectivity index (χ4v) is 3.42. The molecule has 0 fully saturated rings. The third kappa shape index (κ3) is 6.14. The van der Waals surface area contributed by atoms with Gasteiger partial charge in [0.15, 0.2) is 0 Å². The number of benzene rings is 2. The number of hydrogen-bond donors (Lipinski definition) is 1. The van der Waals surface area contributed by atoms with Gasteiger partial charge in [-0.05, 0) is 55.7 Å². The molecule has 2 aromatic carbocycles. The van der Waals surface area contributed by atoms with Crippen LogP contribution in [-0.2, 0) is 4.79 Å². The summed E-state index contributed by atoms with van der Waals surface area (Å²) in [4.78, 5) is 27.5. The van der Waals surface area contributed by atoms with Gasteiger partial charge in [-0.3, -0.25) is 9.59 Å². The van der Waals surface area contributed by atoms with Crippen LogP contribution in [0, 0.1) is 0 Å². The van der Waals surface area contributed by atoms with Gasteiger partial charge in [0, 0.05) is 29.2 Å². The van der Waals surface area contributed by atoms with E-state index in [-0.39, 0.29) is 11.8 Å². The number of carbonyl (C=O) groups is 2. The fraction of sp³-hybridized carbons (Fsp3) is 0.364. The lowest BCUT2D eigenvalue weighted by molar-refractivity contribution is -0.113. The second-order valence-corrected chi connectivity index (χ2v) is 7.67. The highest BCUT2D eigenvalue weighted by Gasteiger charge is 2.13. The predicted molar refractivity (Wildman–Crippen MR) is 114 cm³/mol. The molecule has 0 saturated heterocycles. The number of carbonyl (C=O) groups excluding carboxylic acids is 2. The molecule has 0 aliphatic carbocycles. The molecule has 0 heterocycles.